The van der Waals surface area contributed by atoms with Crippen molar-refractivity contribution in [3.05, 3.63) is 64.2 Å². The first-order valence-electron chi connectivity index (χ1n) is 8.88. The number of nitrogens with zero attached hydrogens (tertiary/aromatic N) is 1. The minimum absolute atomic E-state index is 0.174. The normalized spacial score (nSPS) is 14.9. The molecule has 5 nitrogen and oxygen atoms in total. The van der Waals surface area contributed by atoms with E-state index in [9.17, 15) is 14.7 Å². The van der Waals surface area contributed by atoms with Crippen LogP contribution in [0, 0.1) is 12.3 Å². The molecule has 0 saturated carbocycles. The Labute approximate surface area is 161 Å². The van der Waals surface area contributed by atoms with Crippen molar-refractivity contribution < 1.29 is 14.7 Å². The number of aromatic nitrogens is 1. The van der Waals surface area contributed by atoms with Crippen LogP contribution < -0.4 is 5.32 Å². The van der Waals surface area contributed by atoms with Crippen LogP contribution in [-0.4, -0.2) is 22.0 Å². The lowest BCUT2D eigenvalue weighted by atomic mass is 9.80. The number of carboxylic acids is 1. The molecular formula is C21H20N2O3S. The number of fused-ring (bicyclic) bond motifs is 2. The number of aliphatic carboxylic acids is 1. The van der Waals surface area contributed by atoms with Crippen LogP contribution in [0.3, 0.4) is 0 Å². The molecule has 138 valence electrons. The second-order valence-corrected chi connectivity index (χ2v) is 8.35. The third kappa shape index (κ3) is 3.45. The van der Waals surface area contributed by atoms with Crippen molar-refractivity contribution in [1.29, 1.82) is 0 Å². The zero-order chi connectivity index (χ0) is 19.0. The Morgan fingerprint density at radius 2 is 1.89 bits per heavy atom. The van der Waals surface area contributed by atoms with Gasteiger partial charge in [0.05, 0.1) is 28.6 Å². The maximum atomic E-state index is 13.0. The van der Waals surface area contributed by atoms with E-state index in [1.807, 2.05) is 49.4 Å². The maximum absolute atomic E-state index is 13.0. The van der Waals surface area contributed by atoms with Gasteiger partial charge in [0.1, 0.15) is 5.01 Å². The summed E-state index contributed by atoms with van der Waals surface area (Å²) in [4.78, 5) is 29.0. The molecule has 0 atom stereocenters. The average molecular weight is 380 g/mol. The molecule has 0 radical (unpaired) electrons. The van der Waals surface area contributed by atoms with Crippen LogP contribution >= 0.6 is 11.3 Å². The summed E-state index contributed by atoms with van der Waals surface area (Å²) >= 11 is 1.55. The maximum Gasteiger partial charge on any atom is 0.304 e. The minimum Gasteiger partial charge on any atom is -0.481 e. The number of rotatable bonds is 5. The zero-order valence-corrected chi connectivity index (χ0v) is 15.8. The number of nitrogens with one attached hydrogen (secondary N) is 1. The largest absolute Gasteiger partial charge is 0.481 e. The fourth-order valence-electron chi connectivity index (χ4n) is 3.85. The van der Waals surface area contributed by atoms with Crippen molar-refractivity contribution in [3.63, 3.8) is 0 Å². The van der Waals surface area contributed by atoms with Crippen LogP contribution in [-0.2, 0) is 29.0 Å². The number of thiazole rings is 1. The highest BCUT2D eigenvalue weighted by molar-refractivity contribution is 7.18. The lowest BCUT2D eigenvalue weighted by molar-refractivity contribution is -0.145. The van der Waals surface area contributed by atoms with E-state index in [-0.39, 0.29) is 12.3 Å². The van der Waals surface area contributed by atoms with Gasteiger partial charge in [-0.2, -0.15) is 0 Å². The quantitative estimate of drug-likeness (QED) is 0.710. The summed E-state index contributed by atoms with van der Waals surface area (Å²) < 4.78 is 1.08. The molecule has 1 amide bonds. The average Bonchev–Trinajstić information content (AvgIpc) is 3.19. The van der Waals surface area contributed by atoms with Crippen LogP contribution in [0.5, 0.6) is 0 Å². The molecule has 0 bridgehead atoms. The second-order valence-electron chi connectivity index (χ2n) is 7.23. The fraction of sp³-hybridized carbons (Fsp3) is 0.286. The Bertz CT molecular complexity index is 1020. The Hall–Kier alpha value is -2.73. The van der Waals surface area contributed by atoms with E-state index in [4.69, 9.17) is 0 Å². The predicted octanol–water partition coefficient (Wildman–Crippen LogP) is 3.48. The standard InChI is InChI=1S/C21H20N2O3S/c1-13-6-7-17-16(8-13)23-18(27-17)12-22-20(26)21(11-19(24)25)9-14-4-2-3-5-15(14)10-21/h2-8H,9-12H2,1H3,(H,22,26)(H,24,25). The molecule has 0 spiro atoms. The van der Waals surface area contributed by atoms with Gasteiger partial charge in [-0.3, -0.25) is 9.59 Å². The van der Waals surface area contributed by atoms with E-state index >= 15 is 0 Å². The number of carboxylic acid groups (broad SMARTS) is 1. The molecule has 0 aliphatic heterocycles. The first-order chi connectivity index (χ1) is 12.9. The van der Waals surface area contributed by atoms with Crippen molar-refractivity contribution in [1.82, 2.24) is 10.3 Å². The van der Waals surface area contributed by atoms with Crippen LogP contribution in [0.2, 0.25) is 0 Å². The second kappa shape index (κ2) is 6.78. The lowest BCUT2D eigenvalue weighted by Gasteiger charge is -2.25. The van der Waals surface area contributed by atoms with Gasteiger partial charge in [0, 0.05) is 0 Å². The Morgan fingerprint density at radius 3 is 2.56 bits per heavy atom. The summed E-state index contributed by atoms with van der Waals surface area (Å²) in [6.07, 6.45) is 0.743. The van der Waals surface area contributed by atoms with Crippen molar-refractivity contribution in [2.45, 2.75) is 32.7 Å². The molecular weight excluding hydrogens is 360 g/mol. The van der Waals surface area contributed by atoms with E-state index in [2.05, 4.69) is 10.3 Å². The smallest absolute Gasteiger partial charge is 0.304 e. The van der Waals surface area contributed by atoms with Crippen LogP contribution in [0.25, 0.3) is 10.2 Å². The molecule has 1 aromatic heterocycles. The van der Waals surface area contributed by atoms with Crippen LogP contribution in [0.15, 0.2) is 42.5 Å². The summed E-state index contributed by atoms with van der Waals surface area (Å²) in [6, 6.07) is 13.9. The molecule has 0 fully saturated rings. The number of amides is 1. The SMILES string of the molecule is Cc1ccc2sc(CNC(=O)C3(CC(=O)O)Cc4ccccc4C3)nc2c1. The Morgan fingerprint density at radius 1 is 1.19 bits per heavy atom. The van der Waals surface area contributed by atoms with Gasteiger partial charge in [0.25, 0.3) is 0 Å². The van der Waals surface area contributed by atoms with Crippen molar-refractivity contribution in [3.8, 4) is 0 Å². The highest BCUT2D eigenvalue weighted by Gasteiger charge is 2.45. The summed E-state index contributed by atoms with van der Waals surface area (Å²) in [5.41, 5.74) is 3.27. The predicted molar refractivity (Wildman–Crippen MR) is 105 cm³/mol. The number of carbonyl (C=O) groups excluding carboxylic acids is 1. The van der Waals surface area contributed by atoms with Crippen LogP contribution in [0.1, 0.15) is 28.1 Å². The topological polar surface area (TPSA) is 79.3 Å². The molecule has 1 aliphatic rings. The lowest BCUT2D eigenvalue weighted by Crippen LogP contribution is -2.43. The third-order valence-corrected chi connectivity index (χ3v) is 6.17. The summed E-state index contributed by atoms with van der Waals surface area (Å²) in [5, 5.41) is 13.2. The van der Waals surface area contributed by atoms with Crippen LogP contribution in [0.4, 0.5) is 0 Å². The van der Waals surface area contributed by atoms with Gasteiger partial charge in [-0.15, -0.1) is 11.3 Å². The summed E-state index contributed by atoms with van der Waals surface area (Å²) in [7, 11) is 0. The Balaban J connectivity index is 1.53. The highest BCUT2D eigenvalue weighted by Crippen LogP contribution is 2.40. The number of aryl methyl sites for hydroxylation is 1. The molecule has 1 heterocycles. The van der Waals surface area contributed by atoms with Crippen molar-refractivity contribution in [2.24, 2.45) is 5.41 Å². The van der Waals surface area contributed by atoms with Gasteiger partial charge in [0.15, 0.2) is 0 Å². The molecule has 2 N–H and O–H groups in total. The van der Waals surface area contributed by atoms with Crippen molar-refractivity contribution in [2.75, 3.05) is 0 Å². The monoisotopic (exact) mass is 380 g/mol. The molecule has 0 unspecified atom stereocenters. The summed E-state index contributed by atoms with van der Waals surface area (Å²) in [6.45, 7) is 2.34. The van der Waals surface area contributed by atoms with Crippen molar-refractivity contribution >= 4 is 33.4 Å². The first kappa shape index (κ1) is 17.7. The molecule has 2 aromatic carbocycles. The van der Waals surface area contributed by atoms with Gasteiger partial charge in [0.2, 0.25) is 5.91 Å². The molecule has 1 aliphatic carbocycles. The number of benzene rings is 2. The van der Waals surface area contributed by atoms with Gasteiger partial charge in [-0.25, -0.2) is 4.98 Å². The van der Waals surface area contributed by atoms with Gasteiger partial charge < -0.3 is 10.4 Å². The Kier molecular flexibility index (Phi) is 4.44. The van der Waals surface area contributed by atoms with Gasteiger partial charge in [-0.1, -0.05) is 30.3 Å². The van der Waals surface area contributed by atoms with Gasteiger partial charge in [-0.05, 0) is 48.6 Å². The zero-order valence-electron chi connectivity index (χ0n) is 15.0. The molecule has 4 rings (SSSR count). The molecule has 0 saturated heterocycles. The number of carbonyl (C=O) groups is 2. The number of hydrogen-bond donors (Lipinski definition) is 2. The van der Waals surface area contributed by atoms with E-state index in [1.165, 1.54) is 0 Å². The van der Waals surface area contributed by atoms with E-state index in [1.54, 1.807) is 11.3 Å². The third-order valence-electron chi connectivity index (χ3n) is 5.13. The molecule has 6 heteroatoms. The highest BCUT2D eigenvalue weighted by atomic mass is 32.1. The van der Waals surface area contributed by atoms with E-state index in [0.717, 1.165) is 31.9 Å². The minimum atomic E-state index is -0.951. The number of hydrogen-bond acceptors (Lipinski definition) is 4. The fourth-order valence-corrected chi connectivity index (χ4v) is 4.74. The van der Waals surface area contributed by atoms with Gasteiger partial charge >= 0.3 is 5.97 Å². The molecule has 3 aromatic rings. The van der Waals surface area contributed by atoms with E-state index in [0.29, 0.717) is 19.4 Å². The van der Waals surface area contributed by atoms with E-state index < -0.39 is 11.4 Å². The summed E-state index contributed by atoms with van der Waals surface area (Å²) in [5.74, 6) is -1.16. The molecule has 27 heavy (non-hydrogen) atoms. The first-order valence-corrected chi connectivity index (χ1v) is 9.70.